The number of fused-ring (bicyclic) bond motifs is 6. The van der Waals surface area contributed by atoms with Crippen LogP contribution < -0.4 is 14.8 Å². The first-order valence-corrected chi connectivity index (χ1v) is 13.7. The van der Waals surface area contributed by atoms with Gasteiger partial charge in [0.1, 0.15) is 23.0 Å². The Morgan fingerprint density at radius 2 is 1.74 bits per heavy atom. The molecule has 8 nitrogen and oxygen atoms in total. The molecule has 4 aromatic rings. The largest absolute Gasteiger partial charge is 0.497 e. The molecule has 3 aliphatic heterocycles. The average molecular weight is 558 g/mol. The molecule has 0 aliphatic carbocycles. The van der Waals surface area contributed by atoms with E-state index in [2.05, 4.69) is 10.3 Å². The number of amides is 1. The van der Waals surface area contributed by atoms with Crippen molar-refractivity contribution in [3.05, 3.63) is 125 Å². The zero-order valence-corrected chi connectivity index (χ0v) is 23.0. The lowest BCUT2D eigenvalue weighted by Crippen LogP contribution is -2.49. The number of carbonyl (C=O) groups is 3. The summed E-state index contributed by atoms with van der Waals surface area (Å²) in [4.78, 5) is 50.2. The highest BCUT2D eigenvalue weighted by molar-refractivity contribution is 6.17. The summed E-state index contributed by atoms with van der Waals surface area (Å²) in [5.74, 6) is -1.29. The van der Waals surface area contributed by atoms with Gasteiger partial charge in [-0.15, -0.1) is 0 Å². The highest BCUT2D eigenvalue weighted by Crippen LogP contribution is 2.62. The number of nitrogens with zero attached hydrogens (tertiary/aromatic N) is 2. The highest BCUT2D eigenvalue weighted by atomic mass is 16.5. The van der Waals surface area contributed by atoms with Gasteiger partial charge in [0.25, 0.3) is 0 Å². The van der Waals surface area contributed by atoms with E-state index in [1.807, 2.05) is 65.7 Å². The average Bonchev–Trinajstić information content (AvgIpc) is 3.52. The predicted octanol–water partition coefficient (Wildman–Crippen LogP) is 5.08. The second-order valence-electron chi connectivity index (χ2n) is 10.6. The van der Waals surface area contributed by atoms with Crippen molar-refractivity contribution in [3.63, 3.8) is 0 Å². The molecule has 7 rings (SSSR count). The van der Waals surface area contributed by atoms with Crippen molar-refractivity contribution < 1.29 is 23.9 Å². The van der Waals surface area contributed by atoms with Crippen LogP contribution in [0, 0.1) is 5.92 Å². The summed E-state index contributed by atoms with van der Waals surface area (Å²) in [6, 6.07) is 21.9. The number of hydrogen-bond donors (Lipinski definition) is 1. The summed E-state index contributed by atoms with van der Waals surface area (Å²) < 4.78 is 11.1. The molecule has 3 aromatic carbocycles. The number of anilines is 1. The zero-order chi connectivity index (χ0) is 29.0. The van der Waals surface area contributed by atoms with E-state index >= 15 is 0 Å². The van der Waals surface area contributed by atoms with Crippen LogP contribution in [0.4, 0.5) is 5.69 Å². The third kappa shape index (κ3) is 3.48. The summed E-state index contributed by atoms with van der Waals surface area (Å²) in [6.07, 6.45) is 6.85. The predicted molar refractivity (Wildman–Crippen MR) is 157 cm³/mol. The number of para-hydroxylation sites is 1. The minimum absolute atomic E-state index is 0.264. The molecular weight excluding hydrogens is 530 g/mol. The monoisotopic (exact) mass is 557 g/mol. The number of ether oxygens (including phenoxy) is 2. The van der Waals surface area contributed by atoms with Gasteiger partial charge >= 0.3 is 0 Å². The molecule has 208 valence electrons. The van der Waals surface area contributed by atoms with Crippen molar-refractivity contribution in [2.24, 2.45) is 5.92 Å². The maximum Gasteiger partial charge on any atom is 0.238 e. The lowest BCUT2D eigenvalue weighted by molar-refractivity contribution is -0.122. The van der Waals surface area contributed by atoms with Gasteiger partial charge in [-0.25, -0.2) is 0 Å². The first-order chi connectivity index (χ1) is 20.5. The molecule has 4 atom stereocenters. The molecule has 1 saturated heterocycles. The van der Waals surface area contributed by atoms with Crippen LogP contribution in [0.2, 0.25) is 0 Å². The number of carbonyl (C=O) groups excluding carboxylic acids is 3. The number of aromatic nitrogens is 1. The number of rotatable bonds is 6. The van der Waals surface area contributed by atoms with Crippen LogP contribution in [0.1, 0.15) is 43.4 Å². The molecule has 42 heavy (non-hydrogen) atoms. The van der Waals surface area contributed by atoms with Crippen LogP contribution in [0.25, 0.3) is 6.08 Å². The fraction of sp³-hybridized carbons (Fsp3) is 0.176. The van der Waals surface area contributed by atoms with Crippen molar-refractivity contribution in [1.29, 1.82) is 0 Å². The Hall–Kier alpha value is -5.24. The van der Waals surface area contributed by atoms with E-state index in [-0.39, 0.29) is 23.0 Å². The standard InChI is InChI=1S/C34H27N3O5/c1-41-22-13-14-27(42-2)24(18-22)31(39)29-28(30(38)21-9-7-16-35-19-21)34(25-11-5-6-12-26(25)36-33(34)40)32-23-10-4-3-8-20(23)15-17-37(29)32/h3-19,28-29,32H,1-2H3,(H,36,40)/t28-,29+,32+,34-/m1/s1. The maximum absolute atomic E-state index is 14.9. The lowest BCUT2D eigenvalue weighted by Gasteiger charge is -2.38. The van der Waals surface area contributed by atoms with Crippen molar-refractivity contribution in [3.8, 4) is 11.5 Å². The van der Waals surface area contributed by atoms with Crippen molar-refractivity contribution in [2.45, 2.75) is 17.5 Å². The number of benzene rings is 3. The second-order valence-corrected chi connectivity index (χ2v) is 10.6. The number of nitrogens with one attached hydrogen (secondary N) is 1. The molecule has 0 bridgehead atoms. The second kappa shape index (κ2) is 9.69. The van der Waals surface area contributed by atoms with Crippen LogP contribution in [-0.4, -0.2) is 47.6 Å². The van der Waals surface area contributed by atoms with Gasteiger partial charge in [0, 0.05) is 29.8 Å². The van der Waals surface area contributed by atoms with Gasteiger partial charge in [-0.2, -0.15) is 0 Å². The maximum atomic E-state index is 14.9. The van der Waals surface area contributed by atoms with Gasteiger partial charge in [-0.05, 0) is 59.2 Å². The molecule has 4 heterocycles. The highest BCUT2D eigenvalue weighted by Gasteiger charge is 2.70. The third-order valence-corrected chi connectivity index (χ3v) is 8.74. The number of hydrogen-bond acceptors (Lipinski definition) is 7. The molecule has 1 amide bonds. The van der Waals surface area contributed by atoms with Gasteiger partial charge in [-0.3, -0.25) is 19.4 Å². The summed E-state index contributed by atoms with van der Waals surface area (Å²) in [5.41, 5.74) is 2.28. The van der Waals surface area contributed by atoms with Crippen LogP contribution in [-0.2, 0) is 10.2 Å². The topological polar surface area (TPSA) is 97.8 Å². The summed E-state index contributed by atoms with van der Waals surface area (Å²) in [7, 11) is 3.02. The molecule has 0 unspecified atom stereocenters. The molecule has 1 fully saturated rings. The first-order valence-electron chi connectivity index (χ1n) is 13.7. The summed E-state index contributed by atoms with van der Waals surface area (Å²) >= 11 is 0. The molecule has 0 radical (unpaired) electrons. The zero-order valence-electron chi connectivity index (χ0n) is 23.0. The number of pyridine rings is 1. The van der Waals surface area contributed by atoms with Crippen molar-refractivity contribution >= 4 is 29.2 Å². The summed E-state index contributed by atoms with van der Waals surface area (Å²) in [6.45, 7) is 0. The molecule has 1 N–H and O–H groups in total. The Kier molecular flexibility index (Phi) is 5.93. The van der Waals surface area contributed by atoms with E-state index in [0.29, 0.717) is 28.3 Å². The van der Waals surface area contributed by atoms with Gasteiger partial charge in [0.2, 0.25) is 5.91 Å². The van der Waals surface area contributed by atoms with E-state index in [4.69, 9.17) is 9.47 Å². The molecule has 1 spiro atoms. The molecular formula is C34H27N3O5. The van der Waals surface area contributed by atoms with Crippen LogP contribution >= 0.6 is 0 Å². The Morgan fingerprint density at radius 3 is 2.52 bits per heavy atom. The van der Waals surface area contributed by atoms with E-state index in [1.165, 1.54) is 20.4 Å². The fourth-order valence-corrected chi connectivity index (χ4v) is 7.02. The van der Waals surface area contributed by atoms with E-state index < -0.39 is 23.4 Å². The van der Waals surface area contributed by atoms with E-state index in [0.717, 1.165) is 11.1 Å². The van der Waals surface area contributed by atoms with Gasteiger partial charge in [0.15, 0.2) is 11.6 Å². The Bertz CT molecular complexity index is 1790. The summed E-state index contributed by atoms with van der Waals surface area (Å²) in [5, 5.41) is 3.06. The number of ketones is 2. The SMILES string of the molecule is COc1ccc(OC)c(C(=O)[C@@H]2[C@H](C(=O)c3cccnc3)[C@@]3(C(=O)Nc4ccccc43)[C@@H]3c4ccccc4C=CN23)c1. The lowest BCUT2D eigenvalue weighted by atomic mass is 9.62. The fourth-order valence-electron chi connectivity index (χ4n) is 7.02. The quantitative estimate of drug-likeness (QED) is 0.330. The third-order valence-electron chi connectivity index (χ3n) is 8.74. The smallest absolute Gasteiger partial charge is 0.238 e. The van der Waals surface area contributed by atoms with Crippen LogP contribution in [0.15, 0.2) is 97.5 Å². The van der Waals surface area contributed by atoms with E-state index in [1.54, 1.807) is 36.5 Å². The van der Waals surface area contributed by atoms with Gasteiger partial charge in [-0.1, -0.05) is 42.5 Å². The van der Waals surface area contributed by atoms with Crippen LogP contribution in [0.3, 0.4) is 0 Å². The Labute approximate surface area is 242 Å². The van der Waals surface area contributed by atoms with Gasteiger partial charge in [0.05, 0.1) is 31.7 Å². The van der Waals surface area contributed by atoms with Crippen molar-refractivity contribution in [1.82, 2.24) is 9.88 Å². The molecule has 0 saturated carbocycles. The molecule has 8 heteroatoms. The van der Waals surface area contributed by atoms with E-state index in [9.17, 15) is 14.4 Å². The Balaban J connectivity index is 1.54. The first kappa shape index (κ1) is 25.7. The van der Waals surface area contributed by atoms with Gasteiger partial charge < -0.3 is 19.7 Å². The number of methoxy groups -OCH3 is 2. The van der Waals surface area contributed by atoms with Crippen LogP contribution in [0.5, 0.6) is 11.5 Å². The number of Topliss-reactive ketones (excluding diaryl/α,β-unsaturated/α-hetero) is 2. The minimum atomic E-state index is -1.42. The Morgan fingerprint density at radius 1 is 0.929 bits per heavy atom. The molecule has 1 aromatic heterocycles. The normalized spacial score (nSPS) is 23.1. The molecule has 3 aliphatic rings. The van der Waals surface area contributed by atoms with Crippen molar-refractivity contribution in [2.75, 3.05) is 19.5 Å². The minimum Gasteiger partial charge on any atom is -0.497 e.